The molecule has 1 aliphatic rings. The topological polar surface area (TPSA) is 12.0 Å². The second-order valence-corrected chi connectivity index (χ2v) is 6.99. The third-order valence-corrected chi connectivity index (χ3v) is 4.23. The van der Waals surface area contributed by atoms with E-state index in [1.165, 1.54) is 25.0 Å². The van der Waals surface area contributed by atoms with Crippen molar-refractivity contribution in [2.24, 2.45) is 11.3 Å². The molecule has 1 rings (SSSR count). The van der Waals surface area contributed by atoms with Crippen LogP contribution < -0.4 is 5.32 Å². The van der Waals surface area contributed by atoms with Gasteiger partial charge in [0, 0.05) is 12.1 Å². The zero-order valence-corrected chi connectivity index (χ0v) is 11.8. The predicted octanol–water partition coefficient (Wildman–Crippen LogP) is 3.54. The van der Waals surface area contributed by atoms with Crippen LogP contribution in [0.1, 0.15) is 47.0 Å². The van der Waals surface area contributed by atoms with Crippen LogP contribution in [0, 0.1) is 11.3 Å². The Hall–Kier alpha value is 0.310. The summed E-state index contributed by atoms with van der Waals surface area (Å²) in [6.07, 6.45) is 6.20. The van der Waals surface area contributed by atoms with Crippen LogP contribution in [-0.4, -0.2) is 24.1 Å². The second kappa shape index (κ2) is 5.58. The first-order valence-corrected chi connectivity index (χ1v) is 7.59. The lowest BCUT2D eigenvalue weighted by molar-refractivity contribution is 0.353. The molecule has 1 saturated carbocycles. The lowest BCUT2D eigenvalue weighted by Gasteiger charge is -2.23. The molecule has 0 aromatic carbocycles. The van der Waals surface area contributed by atoms with Crippen LogP contribution in [-0.2, 0) is 0 Å². The molecular weight excluding hydrogens is 202 g/mol. The van der Waals surface area contributed by atoms with Crippen LogP contribution in [0.5, 0.6) is 0 Å². The third kappa shape index (κ3) is 4.36. The van der Waals surface area contributed by atoms with Crippen molar-refractivity contribution >= 4 is 11.8 Å². The largest absolute Gasteiger partial charge is 0.311 e. The Morgan fingerprint density at radius 2 is 2.07 bits per heavy atom. The van der Waals surface area contributed by atoms with E-state index in [4.69, 9.17) is 0 Å². The van der Waals surface area contributed by atoms with Crippen molar-refractivity contribution in [2.75, 3.05) is 12.0 Å². The third-order valence-electron chi connectivity index (χ3n) is 3.59. The zero-order valence-electron chi connectivity index (χ0n) is 11.0. The van der Waals surface area contributed by atoms with Gasteiger partial charge in [-0.25, -0.2) is 0 Å². The van der Waals surface area contributed by atoms with Crippen molar-refractivity contribution in [3.05, 3.63) is 0 Å². The Labute approximate surface area is 99.8 Å². The number of rotatable bonds is 5. The summed E-state index contributed by atoms with van der Waals surface area (Å²) < 4.78 is 0. The van der Waals surface area contributed by atoms with Gasteiger partial charge in [0.1, 0.15) is 0 Å². The van der Waals surface area contributed by atoms with Crippen molar-refractivity contribution in [3.8, 4) is 0 Å². The molecule has 3 atom stereocenters. The van der Waals surface area contributed by atoms with Crippen molar-refractivity contribution in [3.63, 3.8) is 0 Å². The average Bonchev–Trinajstić information content (AvgIpc) is 2.36. The van der Waals surface area contributed by atoms with E-state index in [0.29, 0.717) is 11.5 Å². The molecule has 0 amide bonds. The molecule has 1 fully saturated rings. The van der Waals surface area contributed by atoms with Crippen LogP contribution in [0.4, 0.5) is 0 Å². The van der Waals surface area contributed by atoms with Gasteiger partial charge < -0.3 is 5.32 Å². The Kier molecular flexibility index (Phi) is 4.98. The lowest BCUT2D eigenvalue weighted by atomic mass is 9.91. The molecule has 0 radical (unpaired) electrons. The summed E-state index contributed by atoms with van der Waals surface area (Å²) in [6.45, 7) is 9.53. The molecule has 0 saturated heterocycles. The molecule has 0 heterocycles. The number of hydrogen-bond acceptors (Lipinski definition) is 2. The molecule has 1 nitrogen and oxygen atoms in total. The van der Waals surface area contributed by atoms with Crippen LogP contribution in [0.15, 0.2) is 0 Å². The van der Waals surface area contributed by atoms with Crippen LogP contribution in [0.3, 0.4) is 0 Å². The van der Waals surface area contributed by atoms with E-state index in [1.807, 2.05) is 11.8 Å². The first-order valence-electron chi connectivity index (χ1n) is 6.19. The first-order chi connectivity index (χ1) is 6.94. The first kappa shape index (κ1) is 13.4. The van der Waals surface area contributed by atoms with E-state index >= 15 is 0 Å². The molecule has 0 aromatic rings. The fraction of sp³-hybridized carbons (Fsp3) is 1.00. The smallest absolute Gasteiger partial charge is 0.0100 e. The van der Waals surface area contributed by atoms with Gasteiger partial charge in [-0.3, -0.25) is 0 Å². The minimum Gasteiger partial charge on any atom is -0.311 e. The second-order valence-electron chi connectivity index (χ2n) is 6.01. The van der Waals surface area contributed by atoms with E-state index < -0.39 is 0 Å². The maximum absolute atomic E-state index is 3.81. The fourth-order valence-corrected chi connectivity index (χ4v) is 3.45. The highest BCUT2D eigenvalue weighted by Crippen LogP contribution is 2.41. The highest BCUT2D eigenvalue weighted by Gasteiger charge is 2.36. The molecule has 1 N–H and O–H groups in total. The van der Waals surface area contributed by atoms with Crippen LogP contribution >= 0.6 is 11.8 Å². The quantitative estimate of drug-likeness (QED) is 0.774. The maximum Gasteiger partial charge on any atom is 0.0100 e. The van der Waals surface area contributed by atoms with E-state index in [2.05, 4.69) is 39.3 Å². The van der Waals surface area contributed by atoms with Gasteiger partial charge in [0.05, 0.1) is 0 Å². The molecule has 0 aromatic heterocycles. The van der Waals surface area contributed by atoms with Gasteiger partial charge in [-0.1, -0.05) is 20.8 Å². The van der Waals surface area contributed by atoms with Crippen LogP contribution in [0.25, 0.3) is 0 Å². The SMILES string of the molecule is CSCCC(C)NC1CC(C)(C)CC1C. The normalized spacial score (nSPS) is 31.8. The van der Waals surface area contributed by atoms with Crippen molar-refractivity contribution in [1.29, 1.82) is 0 Å². The molecule has 15 heavy (non-hydrogen) atoms. The number of nitrogens with one attached hydrogen (secondary N) is 1. The Balaban J connectivity index is 2.32. The molecule has 90 valence electrons. The molecule has 0 aliphatic heterocycles. The van der Waals surface area contributed by atoms with Gasteiger partial charge in [-0.15, -0.1) is 0 Å². The fourth-order valence-electron chi connectivity index (χ4n) is 2.86. The summed E-state index contributed by atoms with van der Waals surface area (Å²) in [4.78, 5) is 0. The highest BCUT2D eigenvalue weighted by atomic mass is 32.2. The van der Waals surface area contributed by atoms with E-state index in [9.17, 15) is 0 Å². The highest BCUT2D eigenvalue weighted by molar-refractivity contribution is 7.98. The Bertz CT molecular complexity index is 191. The van der Waals surface area contributed by atoms with Gasteiger partial charge in [0.15, 0.2) is 0 Å². The molecule has 0 bridgehead atoms. The van der Waals surface area contributed by atoms with E-state index in [0.717, 1.165) is 12.0 Å². The number of thioether (sulfide) groups is 1. The van der Waals surface area contributed by atoms with Crippen LogP contribution in [0.2, 0.25) is 0 Å². The van der Waals surface area contributed by atoms with Crippen molar-refractivity contribution in [1.82, 2.24) is 5.32 Å². The summed E-state index contributed by atoms with van der Waals surface area (Å²) in [5.74, 6) is 2.12. The minimum absolute atomic E-state index is 0.552. The summed E-state index contributed by atoms with van der Waals surface area (Å²) in [7, 11) is 0. The monoisotopic (exact) mass is 229 g/mol. The van der Waals surface area contributed by atoms with Crippen molar-refractivity contribution < 1.29 is 0 Å². The minimum atomic E-state index is 0.552. The summed E-state index contributed by atoms with van der Waals surface area (Å²) in [5.41, 5.74) is 0.552. The predicted molar refractivity (Wildman–Crippen MR) is 71.6 cm³/mol. The van der Waals surface area contributed by atoms with E-state index in [-0.39, 0.29) is 0 Å². The zero-order chi connectivity index (χ0) is 11.5. The van der Waals surface area contributed by atoms with Gasteiger partial charge in [-0.2, -0.15) is 11.8 Å². The maximum atomic E-state index is 3.81. The molecule has 2 heteroatoms. The Morgan fingerprint density at radius 1 is 1.40 bits per heavy atom. The van der Waals surface area contributed by atoms with Gasteiger partial charge >= 0.3 is 0 Å². The van der Waals surface area contributed by atoms with Gasteiger partial charge in [0.25, 0.3) is 0 Å². The molecular formula is C13H27NS. The van der Waals surface area contributed by atoms with Crippen molar-refractivity contribution in [2.45, 2.75) is 59.0 Å². The lowest BCUT2D eigenvalue weighted by Crippen LogP contribution is -2.38. The molecule has 3 unspecified atom stereocenters. The molecule has 1 aliphatic carbocycles. The van der Waals surface area contributed by atoms with Gasteiger partial charge in [-0.05, 0) is 49.5 Å². The average molecular weight is 229 g/mol. The molecule has 0 spiro atoms. The van der Waals surface area contributed by atoms with E-state index in [1.54, 1.807) is 0 Å². The Morgan fingerprint density at radius 3 is 2.53 bits per heavy atom. The number of hydrogen-bond donors (Lipinski definition) is 1. The summed E-state index contributed by atoms with van der Waals surface area (Å²) >= 11 is 1.95. The standard InChI is InChI=1S/C13H27NS/c1-10-8-13(3,4)9-12(10)14-11(2)6-7-15-5/h10-12,14H,6-9H2,1-5H3. The van der Waals surface area contributed by atoms with Gasteiger partial charge in [0.2, 0.25) is 0 Å². The summed E-state index contributed by atoms with van der Waals surface area (Å²) in [6, 6.07) is 1.43. The summed E-state index contributed by atoms with van der Waals surface area (Å²) in [5, 5.41) is 3.81.